The van der Waals surface area contributed by atoms with Crippen LogP contribution in [0.15, 0.2) is 152 Å². The summed E-state index contributed by atoms with van der Waals surface area (Å²) in [5.74, 6) is 1.99. The average Bonchev–Trinajstić information content (AvgIpc) is 3.47. The van der Waals surface area contributed by atoms with E-state index in [0.29, 0.717) is 17.5 Å². The molecule has 43 heavy (non-hydrogen) atoms. The van der Waals surface area contributed by atoms with Crippen molar-refractivity contribution in [1.29, 1.82) is 0 Å². The molecule has 6 aromatic carbocycles. The molecule has 2 heterocycles. The van der Waals surface area contributed by atoms with Gasteiger partial charge in [-0.15, -0.1) is 0 Å². The Morgan fingerprint density at radius 3 is 1.40 bits per heavy atom. The van der Waals surface area contributed by atoms with E-state index in [0.717, 1.165) is 33.4 Å². The molecular weight excluding hydrogens is 638 g/mol. The summed E-state index contributed by atoms with van der Waals surface area (Å²) in [5, 5.41) is 2.79. The van der Waals surface area contributed by atoms with Crippen LogP contribution in [0.5, 0.6) is 0 Å². The summed E-state index contributed by atoms with van der Waals surface area (Å²) >= 11 is -0.416. The maximum atomic E-state index is 5.04. The number of aromatic nitrogens is 3. The van der Waals surface area contributed by atoms with Gasteiger partial charge in [-0.05, 0) is 0 Å². The number of nitrogens with zero attached hydrogens (tertiary/aromatic N) is 3. The first-order valence-electron chi connectivity index (χ1n) is 14.3. The van der Waals surface area contributed by atoms with E-state index in [2.05, 4.69) is 91.0 Å². The van der Waals surface area contributed by atoms with Gasteiger partial charge in [-0.2, -0.15) is 0 Å². The first-order valence-corrected chi connectivity index (χ1v) is 16.6. The molecule has 0 amide bonds. The average molecular weight is 663 g/mol. The molecular formula is C39H25N3Te. The van der Waals surface area contributed by atoms with E-state index in [4.69, 9.17) is 15.0 Å². The van der Waals surface area contributed by atoms with Gasteiger partial charge in [0.1, 0.15) is 0 Å². The maximum absolute atomic E-state index is 5.04. The van der Waals surface area contributed by atoms with Crippen LogP contribution in [0.25, 0.3) is 74.0 Å². The fraction of sp³-hybridized carbons (Fsp3) is 0. The van der Waals surface area contributed by atoms with Crippen molar-refractivity contribution in [3.8, 4) is 56.4 Å². The van der Waals surface area contributed by atoms with Crippen LogP contribution in [0.3, 0.4) is 0 Å². The fourth-order valence-electron chi connectivity index (χ4n) is 5.56. The van der Waals surface area contributed by atoms with E-state index in [9.17, 15) is 0 Å². The van der Waals surface area contributed by atoms with Gasteiger partial charge in [0.2, 0.25) is 0 Å². The first kappa shape index (κ1) is 25.8. The Labute approximate surface area is 259 Å². The first-order chi connectivity index (χ1) is 21.3. The molecule has 3 nitrogen and oxygen atoms in total. The van der Waals surface area contributed by atoms with Gasteiger partial charge in [0.25, 0.3) is 0 Å². The minimum absolute atomic E-state index is 0.416. The Bertz CT molecular complexity index is 2170. The van der Waals surface area contributed by atoms with Crippen LogP contribution in [-0.2, 0) is 0 Å². The fourth-order valence-corrected chi connectivity index (χ4v) is 8.83. The van der Waals surface area contributed by atoms with Gasteiger partial charge in [-0.1, -0.05) is 12.1 Å². The van der Waals surface area contributed by atoms with Gasteiger partial charge in [-0.3, -0.25) is 0 Å². The number of fused-ring (bicyclic) bond motifs is 3. The second-order valence-corrected chi connectivity index (χ2v) is 13.6. The van der Waals surface area contributed by atoms with E-state index in [-0.39, 0.29) is 0 Å². The topological polar surface area (TPSA) is 38.7 Å². The van der Waals surface area contributed by atoms with Gasteiger partial charge >= 0.3 is 249 Å². The molecule has 2 aromatic heterocycles. The third-order valence-corrected chi connectivity index (χ3v) is 10.9. The molecule has 0 bridgehead atoms. The molecule has 0 aliphatic heterocycles. The Morgan fingerprint density at radius 1 is 0.302 bits per heavy atom. The van der Waals surface area contributed by atoms with Gasteiger partial charge in [0.05, 0.1) is 0 Å². The van der Waals surface area contributed by atoms with Crippen molar-refractivity contribution in [3.05, 3.63) is 152 Å². The zero-order chi connectivity index (χ0) is 28.6. The molecule has 0 spiro atoms. The van der Waals surface area contributed by atoms with Crippen molar-refractivity contribution < 1.29 is 0 Å². The van der Waals surface area contributed by atoms with E-state index in [1.807, 2.05) is 60.7 Å². The third-order valence-electron chi connectivity index (χ3n) is 7.71. The molecule has 202 valence electrons. The Morgan fingerprint density at radius 2 is 0.767 bits per heavy atom. The predicted molar refractivity (Wildman–Crippen MR) is 179 cm³/mol. The third kappa shape index (κ3) is 5.06. The van der Waals surface area contributed by atoms with Crippen LogP contribution in [-0.4, -0.2) is 35.4 Å². The van der Waals surface area contributed by atoms with Crippen molar-refractivity contribution in [2.45, 2.75) is 0 Å². The predicted octanol–water partition coefficient (Wildman–Crippen LogP) is 9.57. The van der Waals surface area contributed by atoms with Crippen LogP contribution in [0.2, 0.25) is 0 Å². The van der Waals surface area contributed by atoms with Crippen molar-refractivity contribution in [3.63, 3.8) is 0 Å². The van der Waals surface area contributed by atoms with Crippen LogP contribution >= 0.6 is 0 Å². The second-order valence-electron chi connectivity index (χ2n) is 10.5. The molecule has 8 rings (SSSR count). The summed E-state index contributed by atoms with van der Waals surface area (Å²) in [5.41, 5.74) is 7.57. The molecule has 0 atom stereocenters. The summed E-state index contributed by atoms with van der Waals surface area (Å²) in [6.07, 6.45) is 0. The Hall–Kier alpha value is -4.88. The number of benzene rings is 6. The van der Waals surface area contributed by atoms with Gasteiger partial charge in [-0.25, -0.2) is 0 Å². The summed E-state index contributed by atoms with van der Waals surface area (Å²) in [6, 6.07) is 53.4. The second kappa shape index (κ2) is 11.1. The minimum atomic E-state index is -0.416. The van der Waals surface area contributed by atoms with E-state index >= 15 is 0 Å². The SMILES string of the molecule is c1ccc(-c2cc(-c3ccc4c(c3)[te]c3ccccc34)cc(-c3nc(-c4ccccc4)nc(-c4ccccc4)n3)c2)cc1. The zero-order valence-corrected chi connectivity index (χ0v) is 25.5. The van der Waals surface area contributed by atoms with Crippen molar-refractivity contribution >= 4 is 38.0 Å². The standard InChI is InChI=1S/C39H25N3Te/c1-4-12-26(13-5-1)30-22-31(29-20-21-34-33-18-10-11-19-35(33)43-36(34)25-29)24-32(23-30)39-41-37(27-14-6-2-7-15-27)40-38(42-39)28-16-8-3-9-17-28/h1-25H. The van der Waals surface area contributed by atoms with Gasteiger partial charge < -0.3 is 0 Å². The monoisotopic (exact) mass is 665 g/mol. The van der Waals surface area contributed by atoms with Crippen molar-refractivity contribution in [2.24, 2.45) is 0 Å². The molecule has 0 fully saturated rings. The quantitative estimate of drug-likeness (QED) is 0.172. The summed E-state index contributed by atoms with van der Waals surface area (Å²) in [4.78, 5) is 15.0. The van der Waals surface area contributed by atoms with Crippen LogP contribution in [0.1, 0.15) is 0 Å². The Kier molecular flexibility index (Phi) is 6.65. The number of rotatable bonds is 5. The molecule has 0 saturated carbocycles. The van der Waals surface area contributed by atoms with E-state index in [1.54, 1.807) is 0 Å². The molecule has 0 N–H and O–H groups in total. The van der Waals surface area contributed by atoms with Crippen LogP contribution < -0.4 is 0 Å². The molecule has 0 aliphatic carbocycles. The summed E-state index contributed by atoms with van der Waals surface area (Å²) in [7, 11) is 0. The zero-order valence-electron chi connectivity index (χ0n) is 23.2. The number of hydrogen-bond donors (Lipinski definition) is 0. The molecule has 0 unspecified atom stereocenters. The summed E-state index contributed by atoms with van der Waals surface area (Å²) in [6.45, 7) is 0. The molecule has 0 radical (unpaired) electrons. The normalized spacial score (nSPS) is 11.3. The summed E-state index contributed by atoms with van der Waals surface area (Å²) < 4.78 is 3.01. The van der Waals surface area contributed by atoms with E-state index < -0.39 is 20.4 Å². The van der Waals surface area contributed by atoms with Crippen LogP contribution in [0.4, 0.5) is 0 Å². The van der Waals surface area contributed by atoms with Crippen LogP contribution in [0, 0.1) is 0 Å². The van der Waals surface area contributed by atoms with Crippen molar-refractivity contribution in [2.75, 3.05) is 0 Å². The van der Waals surface area contributed by atoms with Gasteiger partial charge in [0, 0.05) is 0 Å². The van der Waals surface area contributed by atoms with E-state index in [1.165, 1.54) is 23.1 Å². The molecule has 4 heteroatoms. The van der Waals surface area contributed by atoms with Crippen molar-refractivity contribution in [1.82, 2.24) is 15.0 Å². The molecule has 0 aliphatic rings. The Balaban J connectivity index is 1.34. The van der Waals surface area contributed by atoms with Gasteiger partial charge in [0.15, 0.2) is 0 Å². The number of hydrogen-bond acceptors (Lipinski definition) is 3. The molecule has 0 saturated heterocycles. The molecule has 8 aromatic rings.